The van der Waals surface area contributed by atoms with E-state index >= 15 is 0 Å². The summed E-state index contributed by atoms with van der Waals surface area (Å²) in [6.45, 7) is 0.390. The first-order valence-corrected chi connectivity index (χ1v) is 10.7. The Kier molecular flexibility index (Phi) is 5.08. The summed E-state index contributed by atoms with van der Waals surface area (Å²) in [5.74, 6) is -0.488. The van der Waals surface area contributed by atoms with Gasteiger partial charge in [-0.15, -0.1) is 0 Å². The number of nitrogens with zero attached hydrogens (tertiary/aromatic N) is 2. The average molecular weight is 476 g/mol. The largest absolute Gasteiger partial charge is 0.323 e. The molecule has 0 radical (unpaired) electrons. The number of rotatable bonds is 2. The van der Waals surface area contributed by atoms with Crippen molar-refractivity contribution in [3.63, 3.8) is 0 Å². The summed E-state index contributed by atoms with van der Waals surface area (Å²) in [5, 5.41) is 2.77. The van der Waals surface area contributed by atoms with Gasteiger partial charge in [0.05, 0.1) is 24.0 Å². The Morgan fingerprint density at radius 3 is 2.55 bits per heavy atom. The molecule has 0 saturated heterocycles. The molecule has 0 unspecified atom stereocenters. The van der Waals surface area contributed by atoms with Crippen LogP contribution in [0.5, 0.6) is 0 Å². The lowest BCUT2D eigenvalue weighted by Gasteiger charge is -2.31. The van der Waals surface area contributed by atoms with Gasteiger partial charge in [0.2, 0.25) is 0 Å². The first-order valence-electron chi connectivity index (χ1n) is 9.95. The quantitative estimate of drug-likeness (QED) is 0.352. The minimum Gasteiger partial charge on any atom is -0.318 e. The number of hydrogen-bond donors (Lipinski definition) is 1. The van der Waals surface area contributed by atoms with Gasteiger partial charge in [0.25, 0.3) is 0 Å². The number of carbonyl (C=O) groups is 1. The summed E-state index contributed by atoms with van der Waals surface area (Å²) in [5.41, 5.74) is 4.16. The third-order valence-electron chi connectivity index (χ3n) is 5.51. The maximum Gasteiger partial charge on any atom is 0.323 e. The topological polar surface area (TPSA) is 37.3 Å². The number of hydrogen-bond acceptors (Lipinski definition) is 1. The van der Waals surface area contributed by atoms with E-state index in [0.29, 0.717) is 11.0 Å². The van der Waals surface area contributed by atoms with Crippen LogP contribution < -0.4 is 5.32 Å². The molecule has 1 N–H and O–H groups in total. The molecule has 0 saturated carbocycles. The maximum absolute atomic E-state index is 14.4. The maximum atomic E-state index is 14.4. The molecule has 31 heavy (non-hydrogen) atoms. The lowest BCUT2D eigenvalue weighted by atomic mass is 10.0. The zero-order valence-corrected chi connectivity index (χ0v) is 18.1. The molecule has 0 spiro atoms. The Morgan fingerprint density at radius 2 is 1.74 bits per heavy atom. The van der Waals surface area contributed by atoms with Crippen LogP contribution in [0.15, 0.2) is 95.6 Å². The molecular weight excluding hydrogens is 457 g/mol. The minimum atomic E-state index is -0.488. The van der Waals surface area contributed by atoms with E-state index in [2.05, 4.69) is 31.9 Å². The highest BCUT2D eigenvalue weighted by atomic mass is 79.9. The zero-order chi connectivity index (χ0) is 21.4. The number of halogens is 2. The Morgan fingerprint density at radius 1 is 0.968 bits per heavy atom. The van der Waals surface area contributed by atoms with Gasteiger partial charge in [0.15, 0.2) is 0 Å². The fourth-order valence-corrected chi connectivity index (χ4v) is 4.44. The lowest BCUT2D eigenvalue weighted by Crippen LogP contribution is -2.38. The molecule has 6 heteroatoms. The van der Waals surface area contributed by atoms with E-state index in [1.165, 1.54) is 6.07 Å². The molecule has 1 atom stereocenters. The van der Waals surface area contributed by atoms with Crippen LogP contribution >= 0.6 is 15.9 Å². The van der Waals surface area contributed by atoms with Crippen LogP contribution in [0, 0.1) is 5.82 Å². The van der Waals surface area contributed by atoms with E-state index in [-0.39, 0.29) is 17.8 Å². The van der Waals surface area contributed by atoms with Gasteiger partial charge in [-0.25, -0.2) is 9.18 Å². The molecule has 1 aromatic heterocycles. The number of benzene rings is 3. The molecule has 4 nitrogen and oxygen atoms in total. The highest BCUT2D eigenvalue weighted by Gasteiger charge is 2.33. The molecule has 3 aromatic carbocycles. The van der Waals surface area contributed by atoms with Crippen molar-refractivity contribution in [1.29, 1.82) is 0 Å². The number of fused-ring (bicyclic) bond motifs is 3. The second-order valence-corrected chi connectivity index (χ2v) is 8.34. The number of nitrogens with one attached hydrogen (secondary N) is 1. The Hall–Kier alpha value is -3.38. The van der Waals surface area contributed by atoms with Gasteiger partial charge in [-0.3, -0.25) is 0 Å². The van der Waals surface area contributed by atoms with Crippen molar-refractivity contribution >= 4 is 27.6 Å². The Labute approximate surface area is 188 Å². The fraction of sp³-hybridized carbons (Fsp3) is 0.0800. The normalized spacial score (nSPS) is 15.0. The summed E-state index contributed by atoms with van der Waals surface area (Å²) in [6, 6.07) is 25.9. The molecule has 1 aliphatic heterocycles. The van der Waals surface area contributed by atoms with Gasteiger partial charge < -0.3 is 14.8 Å². The molecule has 0 aliphatic carbocycles. The van der Waals surface area contributed by atoms with Gasteiger partial charge >= 0.3 is 6.03 Å². The monoisotopic (exact) mass is 475 g/mol. The summed E-state index contributed by atoms with van der Waals surface area (Å²) < 4.78 is 17.2. The molecule has 4 aromatic rings. The van der Waals surface area contributed by atoms with Crippen molar-refractivity contribution in [3.8, 4) is 5.69 Å². The molecule has 0 fully saturated rings. The lowest BCUT2D eigenvalue weighted by molar-refractivity contribution is 0.194. The van der Waals surface area contributed by atoms with Crippen LogP contribution in [0.1, 0.15) is 22.9 Å². The highest BCUT2D eigenvalue weighted by Crippen LogP contribution is 2.37. The zero-order valence-electron chi connectivity index (χ0n) is 16.5. The SMILES string of the molecule is O=C(Nc1ccc(Br)cc1F)N1Cc2ccccc2-n2cccc2[C@@H]1c1ccccc1. The van der Waals surface area contributed by atoms with E-state index in [4.69, 9.17) is 0 Å². The van der Waals surface area contributed by atoms with Crippen molar-refractivity contribution in [2.75, 3.05) is 5.32 Å². The van der Waals surface area contributed by atoms with Crippen molar-refractivity contribution in [2.45, 2.75) is 12.6 Å². The number of para-hydroxylation sites is 1. The van der Waals surface area contributed by atoms with E-state index in [1.807, 2.05) is 66.9 Å². The van der Waals surface area contributed by atoms with Crippen LogP contribution in [-0.4, -0.2) is 15.5 Å². The highest BCUT2D eigenvalue weighted by molar-refractivity contribution is 9.10. The fourth-order valence-electron chi connectivity index (χ4n) is 4.10. The average Bonchev–Trinajstić information content (AvgIpc) is 3.20. The molecule has 2 amide bonds. The summed E-state index contributed by atoms with van der Waals surface area (Å²) >= 11 is 3.26. The molecule has 2 heterocycles. The summed E-state index contributed by atoms with van der Waals surface area (Å²) in [4.78, 5) is 15.3. The van der Waals surface area contributed by atoms with Gasteiger partial charge in [-0.2, -0.15) is 0 Å². The van der Waals surface area contributed by atoms with Crippen molar-refractivity contribution in [2.24, 2.45) is 0 Å². The van der Waals surface area contributed by atoms with Crippen LogP contribution in [-0.2, 0) is 6.54 Å². The second-order valence-electron chi connectivity index (χ2n) is 7.43. The predicted molar refractivity (Wildman–Crippen MR) is 123 cm³/mol. The van der Waals surface area contributed by atoms with E-state index in [0.717, 1.165) is 22.5 Å². The first-order chi connectivity index (χ1) is 15.1. The van der Waals surface area contributed by atoms with Crippen LogP contribution in [0.3, 0.4) is 0 Å². The smallest absolute Gasteiger partial charge is 0.318 e. The number of amides is 2. The molecular formula is C25H19BrFN3O. The van der Waals surface area contributed by atoms with Crippen molar-refractivity contribution < 1.29 is 9.18 Å². The standard InChI is InChI=1S/C25H19BrFN3O/c26-19-12-13-21(20(27)15-19)28-25(31)30-16-18-9-4-5-10-22(18)29-14-6-11-23(29)24(30)17-7-2-1-3-8-17/h1-15,24H,16H2,(H,28,31)/t24-/m0/s1. The Bertz CT molecular complexity index is 1250. The second kappa shape index (κ2) is 8.04. The number of urea groups is 1. The molecule has 1 aliphatic rings. The van der Waals surface area contributed by atoms with Gasteiger partial charge in [0.1, 0.15) is 5.82 Å². The third kappa shape index (κ3) is 3.64. The number of carbonyl (C=O) groups excluding carboxylic acids is 1. The van der Waals surface area contributed by atoms with E-state index in [9.17, 15) is 9.18 Å². The van der Waals surface area contributed by atoms with Crippen LogP contribution in [0.4, 0.5) is 14.9 Å². The predicted octanol–water partition coefficient (Wildman–Crippen LogP) is 6.52. The molecule has 0 bridgehead atoms. The van der Waals surface area contributed by atoms with Crippen molar-refractivity contribution in [1.82, 2.24) is 9.47 Å². The van der Waals surface area contributed by atoms with Gasteiger partial charge in [-0.05, 0) is 47.5 Å². The molecule has 154 valence electrons. The van der Waals surface area contributed by atoms with E-state index in [1.54, 1.807) is 17.0 Å². The first kappa shape index (κ1) is 19.6. The number of aromatic nitrogens is 1. The minimum absolute atomic E-state index is 0.146. The van der Waals surface area contributed by atoms with Crippen LogP contribution in [0.25, 0.3) is 5.69 Å². The van der Waals surface area contributed by atoms with Gasteiger partial charge in [-0.1, -0.05) is 64.5 Å². The number of anilines is 1. The van der Waals surface area contributed by atoms with Gasteiger partial charge in [0, 0.05) is 16.4 Å². The summed E-state index contributed by atoms with van der Waals surface area (Å²) in [6.07, 6.45) is 2.01. The Balaban J connectivity index is 1.62. The molecule has 5 rings (SSSR count). The van der Waals surface area contributed by atoms with E-state index < -0.39 is 5.82 Å². The van der Waals surface area contributed by atoms with Crippen LogP contribution in [0.2, 0.25) is 0 Å². The summed E-state index contributed by atoms with van der Waals surface area (Å²) in [7, 11) is 0. The third-order valence-corrected chi connectivity index (χ3v) is 6.01. The van der Waals surface area contributed by atoms with Crippen molar-refractivity contribution in [3.05, 3.63) is 118 Å².